The van der Waals surface area contributed by atoms with Crippen molar-refractivity contribution in [3.63, 3.8) is 0 Å². The number of phosphoric ester groups is 1. The van der Waals surface area contributed by atoms with Crippen LogP contribution in [0.25, 0.3) is 0 Å². The Morgan fingerprint density at radius 3 is 1.56 bits per heavy atom. The van der Waals surface area contributed by atoms with Crippen molar-refractivity contribution in [1.82, 2.24) is 0 Å². The minimum Gasteiger partial charge on any atom is -0.480 e. The minimum absolute atomic E-state index is 0.0113. The first-order chi connectivity index (χ1) is 24.2. The van der Waals surface area contributed by atoms with Crippen molar-refractivity contribution in [3.8, 4) is 0 Å². The number of ether oxygens (including phenoxy) is 2. The van der Waals surface area contributed by atoms with Crippen LogP contribution in [0.5, 0.6) is 0 Å². The number of carboxylic acid groups (broad SMARTS) is 1. The summed E-state index contributed by atoms with van der Waals surface area (Å²) in [7, 11) is -4.61. The highest BCUT2D eigenvalue weighted by Gasteiger charge is 2.27. The molecule has 0 fully saturated rings. The Kier molecular flexibility index (Phi) is 34.7. The van der Waals surface area contributed by atoms with E-state index in [1.54, 1.807) is 0 Å². The third-order valence-electron chi connectivity index (χ3n) is 8.45. The number of aliphatic carboxylic acids is 1. The van der Waals surface area contributed by atoms with Crippen LogP contribution in [0.4, 0.5) is 0 Å². The number of phosphoric acid groups is 1. The minimum atomic E-state index is -4.61. The number of carbonyl (C=O) groups excluding carboxylic acids is 1. The van der Waals surface area contributed by atoms with E-state index in [9.17, 15) is 19.0 Å². The summed E-state index contributed by atoms with van der Waals surface area (Å²) in [6, 6.07) is -1.47. The smallest absolute Gasteiger partial charge is 0.472 e. The molecule has 294 valence electrons. The van der Waals surface area contributed by atoms with Crippen molar-refractivity contribution < 1.29 is 42.7 Å². The van der Waals surface area contributed by atoms with Crippen LogP contribution >= 0.6 is 7.82 Å². The molecule has 0 aromatic rings. The fourth-order valence-electron chi connectivity index (χ4n) is 5.30. The van der Waals surface area contributed by atoms with Gasteiger partial charge >= 0.3 is 19.8 Å². The van der Waals surface area contributed by atoms with Crippen molar-refractivity contribution in [3.05, 3.63) is 24.3 Å². The SMILES string of the molecule is CCCCC/C=C\CCCCCCCCOCC(COP(=O)(O)OCC(N)C(=O)O)OC(=O)CCCCCCC/C=C\CCCCCCCC. The summed E-state index contributed by atoms with van der Waals surface area (Å²) in [6.07, 6.45) is 36.5. The fraction of sp³-hybridized carbons (Fsp3) is 0.846. The summed E-state index contributed by atoms with van der Waals surface area (Å²) in [5, 5.41) is 8.87. The molecule has 3 unspecified atom stereocenters. The lowest BCUT2D eigenvalue weighted by Gasteiger charge is -2.20. The molecule has 0 aromatic carbocycles. The van der Waals surface area contributed by atoms with Crippen LogP contribution in [0.2, 0.25) is 0 Å². The summed E-state index contributed by atoms with van der Waals surface area (Å²) >= 11 is 0. The van der Waals surface area contributed by atoms with Gasteiger partial charge in [0.1, 0.15) is 12.1 Å². The second kappa shape index (κ2) is 35.8. The Hall–Kier alpha value is -1.55. The Bertz CT molecular complexity index is 899. The van der Waals surface area contributed by atoms with Gasteiger partial charge in [0.05, 0.1) is 19.8 Å². The van der Waals surface area contributed by atoms with Gasteiger partial charge in [-0.1, -0.05) is 128 Å². The van der Waals surface area contributed by atoms with Crippen molar-refractivity contribution >= 4 is 19.8 Å². The number of hydrogen-bond donors (Lipinski definition) is 3. The fourth-order valence-corrected chi connectivity index (χ4v) is 6.08. The zero-order chi connectivity index (χ0) is 37.0. The predicted molar refractivity (Wildman–Crippen MR) is 203 cm³/mol. The van der Waals surface area contributed by atoms with Crippen LogP contribution in [0.3, 0.4) is 0 Å². The first-order valence-corrected chi connectivity index (χ1v) is 21.4. The molecule has 0 saturated carbocycles. The molecule has 11 heteroatoms. The molecule has 3 atom stereocenters. The van der Waals surface area contributed by atoms with Gasteiger partial charge < -0.3 is 25.2 Å². The molecule has 50 heavy (non-hydrogen) atoms. The molecule has 0 bridgehead atoms. The van der Waals surface area contributed by atoms with Gasteiger partial charge in [0.25, 0.3) is 0 Å². The lowest BCUT2D eigenvalue weighted by atomic mass is 10.1. The largest absolute Gasteiger partial charge is 0.480 e. The Morgan fingerprint density at radius 1 is 0.620 bits per heavy atom. The maximum absolute atomic E-state index is 12.6. The average Bonchev–Trinajstić information content (AvgIpc) is 3.09. The molecule has 0 amide bonds. The number of rotatable bonds is 38. The summed E-state index contributed by atoms with van der Waals surface area (Å²) in [5.74, 6) is -1.79. The molecule has 10 nitrogen and oxygen atoms in total. The van der Waals surface area contributed by atoms with Crippen molar-refractivity contribution in [2.75, 3.05) is 26.4 Å². The second-order valence-electron chi connectivity index (χ2n) is 13.4. The number of unbranched alkanes of at least 4 members (excludes halogenated alkanes) is 20. The van der Waals surface area contributed by atoms with E-state index in [-0.39, 0.29) is 13.0 Å². The third-order valence-corrected chi connectivity index (χ3v) is 9.40. The van der Waals surface area contributed by atoms with E-state index in [2.05, 4.69) is 38.2 Å². The van der Waals surface area contributed by atoms with E-state index in [0.717, 1.165) is 57.8 Å². The molecular weight excluding hydrogens is 657 g/mol. The second-order valence-corrected chi connectivity index (χ2v) is 14.9. The molecule has 4 N–H and O–H groups in total. The van der Waals surface area contributed by atoms with Crippen LogP contribution in [0, 0.1) is 0 Å². The van der Waals surface area contributed by atoms with Gasteiger partial charge in [0.15, 0.2) is 0 Å². The maximum atomic E-state index is 12.6. The zero-order valence-electron chi connectivity index (χ0n) is 31.7. The summed E-state index contributed by atoms with van der Waals surface area (Å²) < 4.78 is 33.2. The van der Waals surface area contributed by atoms with Gasteiger partial charge in [-0.2, -0.15) is 0 Å². The molecule has 0 rings (SSSR count). The predicted octanol–water partition coefficient (Wildman–Crippen LogP) is 10.4. The standard InChI is InChI=1S/C39H74NO9P/c1-3-5-7-9-11-13-15-17-18-19-21-23-25-27-29-31-38(41)49-36(34-47-50(44,45)48-35-37(40)39(42)43)33-46-32-30-28-26-24-22-20-16-14-12-10-8-6-4-2/h12,14,17-18,36-37H,3-11,13,15-16,19-35,40H2,1-2H3,(H,42,43)(H,44,45)/b14-12-,18-17-. The monoisotopic (exact) mass is 732 g/mol. The number of esters is 1. The molecule has 0 saturated heterocycles. The number of carboxylic acids is 1. The van der Waals surface area contributed by atoms with Crippen LogP contribution < -0.4 is 5.73 Å². The number of hydrogen-bond acceptors (Lipinski definition) is 8. The molecule has 0 radical (unpaired) electrons. The van der Waals surface area contributed by atoms with Crippen LogP contribution in [-0.4, -0.2) is 60.5 Å². The van der Waals surface area contributed by atoms with Crippen LogP contribution in [-0.2, 0) is 32.7 Å². The van der Waals surface area contributed by atoms with E-state index in [0.29, 0.717) is 13.0 Å². The Labute approximate surface area is 304 Å². The van der Waals surface area contributed by atoms with Crippen molar-refractivity contribution in [2.24, 2.45) is 5.73 Å². The average molecular weight is 732 g/mol. The maximum Gasteiger partial charge on any atom is 0.472 e. The van der Waals surface area contributed by atoms with Crippen LogP contribution in [0.15, 0.2) is 24.3 Å². The molecular formula is C39H74NO9P. The molecule has 0 aliphatic rings. The first-order valence-electron chi connectivity index (χ1n) is 19.9. The van der Waals surface area contributed by atoms with E-state index in [1.807, 2.05) is 0 Å². The van der Waals surface area contributed by atoms with E-state index in [4.69, 9.17) is 29.4 Å². The van der Waals surface area contributed by atoms with Gasteiger partial charge in [-0.25, -0.2) is 4.57 Å². The topological polar surface area (TPSA) is 155 Å². The highest BCUT2D eigenvalue weighted by atomic mass is 31.2. The lowest BCUT2D eigenvalue weighted by molar-refractivity contribution is -0.154. The molecule has 0 spiro atoms. The van der Waals surface area contributed by atoms with Gasteiger partial charge in [0.2, 0.25) is 0 Å². The summed E-state index contributed by atoms with van der Waals surface area (Å²) in [4.78, 5) is 33.4. The Morgan fingerprint density at radius 2 is 1.04 bits per heavy atom. The van der Waals surface area contributed by atoms with Crippen molar-refractivity contribution in [1.29, 1.82) is 0 Å². The van der Waals surface area contributed by atoms with Gasteiger partial charge in [-0.3, -0.25) is 18.6 Å². The number of nitrogens with two attached hydrogens (primary N) is 1. The van der Waals surface area contributed by atoms with Crippen molar-refractivity contribution in [2.45, 2.75) is 187 Å². The number of carbonyl (C=O) groups is 2. The first kappa shape index (κ1) is 48.5. The van der Waals surface area contributed by atoms with E-state index in [1.165, 1.54) is 89.9 Å². The van der Waals surface area contributed by atoms with E-state index < -0.39 is 45.1 Å². The number of allylic oxidation sites excluding steroid dienone is 4. The zero-order valence-corrected chi connectivity index (χ0v) is 32.6. The van der Waals surface area contributed by atoms with Gasteiger partial charge in [-0.05, 0) is 64.2 Å². The Balaban J connectivity index is 4.31. The van der Waals surface area contributed by atoms with Gasteiger partial charge in [-0.15, -0.1) is 0 Å². The lowest BCUT2D eigenvalue weighted by Crippen LogP contribution is -2.34. The van der Waals surface area contributed by atoms with Gasteiger partial charge in [0, 0.05) is 13.0 Å². The summed E-state index contributed by atoms with van der Waals surface area (Å²) in [5.41, 5.74) is 5.34. The quantitative estimate of drug-likeness (QED) is 0.0242. The van der Waals surface area contributed by atoms with E-state index >= 15 is 0 Å². The highest BCUT2D eigenvalue weighted by molar-refractivity contribution is 7.47. The normalized spacial score (nSPS) is 14.3. The molecule has 0 aromatic heterocycles. The third kappa shape index (κ3) is 34.9. The molecule has 0 heterocycles. The molecule has 0 aliphatic carbocycles. The summed E-state index contributed by atoms with van der Waals surface area (Å²) in [6.45, 7) is 3.83. The molecule has 0 aliphatic heterocycles. The van der Waals surface area contributed by atoms with Crippen LogP contribution in [0.1, 0.15) is 174 Å². The highest BCUT2D eigenvalue weighted by Crippen LogP contribution is 2.43.